The molecule has 1 atom stereocenters. The Morgan fingerprint density at radius 2 is 2.07 bits per heavy atom. The molecule has 4 aromatic rings. The third-order valence-electron chi connectivity index (χ3n) is 5.73. The molecule has 0 N–H and O–H groups in total. The Balaban J connectivity index is 1.89. The van der Waals surface area contributed by atoms with Gasteiger partial charge in [-0.05, 0) is 25.0 Å². The zero-order valence-corrected chi connectivity index (χ0v) is 16.7. The molecule has 0 bridgehead atoms. The number of nitrogens with zero attached hydrogens (tertiary/aromatic N) is 4. The lowest BCUT2D eigenvalue weighted by Gasteiger charge is -2.20. The van der Waals surface area contributed by atoms with Crippen molar-refractivity contribution in [2.75, 3.05) is 0 Å². The van der Waals surface area contributed by atoms with Gasteiger partial charge in [0.15, 0.2) is 0 Å². The van der Waals surface area contributed by atoms with Crippen molar-refractivity contribution in [3.8, 4) is 16.9 Å². The van der Waals surface area contributed by atoms with Crippen molar-refractivity contribution in [1.29, 1.82) is 0 Å². The summed E-state index contributed by atoms with van der Waals surface area (Å²) in [7, 11) is 1.70. The van der Waals surface area contributed by atoms with Crippen LogP contribution in [0.3, 0.4) is 0 Å². The molecule has 5 rings (SSSR count). The van der Waals surface area contributed by atoms with Crippen LogP contribution in [0.2, 0.25) is 0 Å². The van der Waals surface area contributed by atoms with Gasteiger partial charge in [-0.15, -0.1) is 0 Å². The summed E-state index contributed by atoms with van der Waals surface area (Å²) in [6.07, 6.45) is 5.18. The van der Waals surface area contributed by atoms with Crippen LogP contribution in [0.4, 0.5) is 8.78 Å². The highest BCUT2D eigenvalue weighted by atomic mass is 19.1. The molecule has 6 nitrogen and oxygen atoms in total. The Morgan fingerprint density at radius 1 is 1.23 bits per heavy atom. The van der Waals surface area contributed by atoms with Crippen LogP contribution in [0.1, 0.15) is 26.2 Å². The predicted octanol–water partition coefficient (Wildman–Crippen LogP) is 4.18. The lowest BCUT2D eigenvalue weighted by molar-refractivity contribution is 0.172. The molecule has 3 aromatic heterocycles. The first-order chi connectivity index (χ1) is 14.5. The molecule has 0 saturated heterocycles. The topological polar surface area (TPSA) is 61.9 Å². The van der Waals surface area contributed by atoms with Crippen molar-refractivity contribution in [3.05, 3.63) is 52.8 Å². The van der Waals surface area contributed by atoms with Crippen molar-refractivity contribution >= 4 is 21.9 Å². The molecule has 154 valence electrons. The third kappa shape index (κ3) is 2.70. The lowest BCUT2D eigenvalue weighted by atomic mass is 10.0. The molecule has 0 aliphatic carbocycles. The summed E-state index contributed by atoms with van der Waals surface area (Å²) in [6, 6.07) is 3.99. The number of halogens is 2. The van der Waals surface area contributed by atoms with Gasteiger partial charge in [0.2, 0.25) is 5.95 Å². The molecule has 1 aromatic carbocycles. The van der Waals surface area contributed by atoms with Crippen LogP contribution in [0.15, 0.2) is 35.4 Å². The van der Waals surface area contributed by atoms with E-state index in [0.717, 1.165) is 19.3 Å². The maximum Gasteiger partial charge on any atom is 0.329 e. The van der Waals surface area contributed by atoms with Crippen molar-refractivity contribution in [2.45, 2.75) is 38.8 Å². The summed E-state index contributed by atoms with van der Waals surface area (Å²) in [4.78, 5) is 21.0. The van der Waals surface area contributed by atoms with E-state index in [1.165, 1.54) is 24.4 Å². The molecular weight excluding hydrogens is 390 g/mol. The molecule has 1 aliphatic rings. The molecule has 4 heterocycles. The number of pyridine rings is 2. The Hall–Kier alpha value is -3.29. The minimum atomic E-state index is -0.645. The van der Waals surface area contributed by atoms with Crippen LogP contribution in [0, 0.1) is 11.8 Å². The van der Waals surface area contributed by atoms with Crippen LogP contribution < -0.4 is 10.4 Å². The van der Waals surface area contributed by atoms with E-state index in [0.29, 0.717) is 39.8 Å². The van der Waals surface area contributed by atoms with E-state index in [1.54, 1.807) is 22.4 Å². The monoisotopic (exact) mass is 410 g/mol. The minimum Gasteiger partial charge on any atom is -0.487 e. The molecular formula is C22H20F2N4O2. The van der Waals surface area contributed by atoms with Gasteiger partial charge in [-0.3, -0.25) is 14.1 Å². The van der Waals surface area contributed by atoms with Gasteiger partial charge in [0.1, 0.15) is 17.7 Å². The van der Waals surface area contributed by atoms with Crippen LogP contribution in [0.5, 0.6) is 5.75 Å². The van der Waals surface area contributed by atoms with Gasteiger partial charge < -0.3 is 4.74 Å². The van der Waals surface area contributed by atoms with Gasteiger partial charge in [-0.25, -0.2) is 14.2 Å². The normalized spacial score (nSPS) is 15.7. The number of unbranched alkanes of at least 4 members (excludes halogenated alkanes) is 1. The highest BCUT2D eigenvalue weighted by Gasteiger charge is 2.29. The van der Waals surface area contributed by atoms with Crippen LogP contribution >= 0.6 is 0 Å². The molecule has 30 heavy (non-hydrogen) atoms. The molecule has 1 unspecified atom stereocenters. The van der Waals surface area contributed by atoms with Crippen LogP contribution in [-0.2, 0) is 13.6 Å². The number of imidazole rings is 1. The molecule has 0 fully saturated rings. The van der Waals surface area contributed by atoms with E-state index in [1.807, 2.05) is 0 Å². The summed E-state index contributed by atoms with van der Waals surface area (Å²) in [5, 5.41) is 0.588. The maximum atomic E-state index is 15.3. The highest BCUT2D eigenvalue weighted by Crippen LogP contribution is 2.43. The first-order valence-electron chi connectivity index (χ1n) is 9.98. The largest absolute Gasteiger partial charge is 0.487 e. The molecule has 0 amide bonds. The molecule has 1 aliphatic heterocycles. The zero-order valence-electron chi connectivity index (χ0n) is 16.7. The Morgan fingerprint density at radius 3 is 2.80 bits per heavy atom. The highest BCUT2D eigenvalue weighted by molar-refractivity contribution is 6.09. The van der Waals surface area contributed by atoms with Crippen LogP contribution in [-0.4, -0.2) is 25.2 Å². The fraction of sp³-hybridized carbons (Fsp3) is 0.318. The zero-order chi connectivity index (χ0) is 21.0. The average molecular weight is 410 g/mol. The number of rotatable bonds is 4. The lowest BCUT2D eigenvalue weighted by Crippen LogP contribution is -2.30. The number of hydrogen-bond donors (Lipinski definition) is 0. The Bertz CT molecular complexity index is 1340. The number of aromatic nitrogens is 4. The standard InChI is InChI=1S/C22H20F2N4O2/c1-3-4-5-13-11-28-20-16(27(2)22(28)29)10-25-15-8-14(23)18(21(30-13)19(15)20)12-6-7-17(24)26-9-12/h6-10,13H,3-5,11H2,1-2H3. The van der Waals surface area contributed by atoms with Crippen molar-refractivity contribution in [1.82, 2.24) is 19.1 Å². The summed E-state index contributed by atoms with van der Waals surface area (Å²) in [5.74, 6) is -0.846. The summed E-state index contributed by atoms with van der Waals surface area (Å²) in [5.41, 5.74) is 2.19. The second-order valence-electron chi connectivity index (χ2n) is 7.65. The van der Waals surface area contributed by atoms with Gasteiger partial charge >= 0.3 is 5.69 Å². The van der Waals surface area contributed by atoms with Gasteiger partial charge in [-0.1, -0.05) is 13.3 Å². The molecule has 0 spiro atoms. The quantitative estimate of drug-likeness (QED) is 0.474. The fourth-order valence-electron chi connectivity index (χ4n) is 4.23. The van der Waals surface area contributed by atoms with Crippen molar-refractivity contribution in [2.24, 2.45) is 7.05 Å². The van der Waals surface area contributed by atoms with E-state index < -0.39 is 11.8 Å². The number of aryl methyl sites for hydroxylation is 1. The first kappa shape index (κ1) is 18.7. The fourth-order valence-corrected chi connectivity index (χ4v) is 4.23. The average Bonchev–Trinajstić information content (AvgIpc) is 2.88. The van der Waals surface area contributed by atoms with E-state index in [9.17, 15) is 9.18 Å². The van der Waals surface area contributed by atoms with E-state index in [-0.39, 0.29) is 17.4 Å². The summed E-state index contributed by atoms with van der Waals surface area (Å²) < 4.78 is 38.2. The van der Waals surface area contributed by atoms with Gasteiger partial charge in [0, 0.05) is 24.9 Å². The number of benzene rings is 1. The van der Waals surface area contributed by atoms with Gasteiger partial charge in [0.05, 0.1) is 40.2 Å². The molecule has 0 saturated carbocycles. The first-order valence-corrected chi connectivity index (χ1v) is 9.98. The van der Waals surface area contributed by atoms with Crippen molar-refractivity contribution in [3.63, 3.8) is 0 Å². The second-order valence-corrected chi connectivity index (χ2v) is 7.65. The SMILES string of the molecule is CCCCC1Cn2c(=O)n(C)c3cnc4cc(F)c(-c5ccc(F)nc5)c(c4c32)O1. The van der Waals surface area contributed by atoms with E-state index in [4.69, 9.17) is 4.74 Å². The van der Waals surface area contributed by atoms with E-state index >= 15 is 4.39 Å². The number of ether oxygens (including phenoxy) is 1. The summed E-state index contributed by atoms with van der Waals surface area (Å²) in [6.45, 7) is 2.45. The summed E-state index contributed by atoms with van der Waals surface area (Å²) >= 11 is 0. The number of hydrogen-bond acceptors (Lipinski definition) is 4. The molecule has 0 radical (unpaired) electrons. The minimum absolute atomic E-state index is 0.161. The Kier molecular flexibility index (Phi) is 4.30. The van der Waals surface area contributed by atoms with Gasteiger partial charge in [-0.2, -0.15) is 4.39 Å². The van der Waals surface area contributed by atoms with Crippen molar-refractivity contribution < 1.29 is 13.5 Å². The smallest absolute Gasteiger partial charge is 0.329 e. The van der Waals surface area contributed by atoms with Gasteiger partial charge in [0.25, 0.3) is 0 Å². The Labute approximate surface area is 170 Å². The molecule has 8 heteroatoms. The van der Waals surface area contributed by atoms with E-state index in [2.05, 4.69) is 16.9 Å². The third-order valence-corrected chi connectivity index (χ3v) is 5.73. The predicted molar refractivity (Wildman–Crippen MR) is 110 cm³/mol. The van der Waals surface area contributed by atoms with Crippen LogP contribution in [0.25, 0.3) is 33.1 Å². The second kappa shape index (κ2) is 6.90. The maximum absolute atomic E-state index is 15.3.